The highest BCUT2D eigenvalue weighted by Gasteiger charge is 2.41. The van der Waals surface area contributed by atoms with Crippen molar-refractivity contribution in [1.82, 2.24) is 14.4 Å². The highest BCUT2D eigenvalue weighted by atomic mass is 32.2. The van der Waals surface area contributed by atoms with Crippen molar-refractivity contribution >= 4 is 10.0 Å². The monoisotopic (exact) mass is 345 g/mol. The molecule has 0 spiro atoms. The number of piperidine rings is 1. The second-order valence-corrected chi connectivity index (χ2v) is 8.29. The topological polar surface area (TPSA) is 75.9 Å². The molecule has 1 aliphatic rings. The average Bonchev–Trinajstić information content (AvgIpc) is 2.85. The van der Waals surface area contributed by atoms with Crippen LogP contribution in [0.5, 0.6) is 0 Å². The van der Waals surface area contributed by atoms with E-state index in [-0.39, 0.29) is 10.4 Å². The zero-order valence-corrected chi connectivity index (χ0v) is 15.4. The van der Waals surface area contributed by atoms with Gasteiger partial charge in [-0.2, -0.15) is 4.31 Å². The molecule has 2 rings (SSSR count). The molecule has 0 unspecified atom stereocenters. The normalized spacial score (nSPS) is 19.4. The Balaban J connectivity index is 2.17. The summed E-state index contributed by atoms with van der Waals surface area (Å²) in [5, 5.41) is 3.77. The van der Waals surface area contributed by atoms with Gasteiger partial charge in [-0.3, -0.25) is 0 Å². The molecule has 23 heavy (non-hydrogen) atoms. The molecule has 1 aromatic rings. The van der Waals surface area contributed by atoms with Gasteiger partial charge in [-0.25, -0.2) is 8.42 Å². The Morgan fingerprint density at radius 3 is 2.35 bits per heavy atom. The van der Waals surface area contributed by atoms with Crippen molar-refractivity contribution in [3.05, 3.63) is 11.5 Å². The van der Waals surface area contributed by atoms with E-state index >= 15 is 0 Å². The van der Waals surface area contributed by atoms with Crippen LogP contribution in [-0.4, -0.2) is 69.2 Å². The molecule has 0 amide bonds. The standard InChI is InChI=1S/C15H27N3O4S/c1-12-14(13(2)22-16-12)23(19,20)18-9-6-15(7-10-18,17(3)4)8-11-21-5/h6-11H2,1-5H3. The van der Waals surface area contributed by atoms with Gasteiger partial charge in [0.05, 0.1) is 0 Å². The van der Waals surface area contributed by atoms with Crippen molar-refractivity contribution in [2.75, 3.05) is 40.9 Å². The summed E-state index contributed by atoms with van der Waals surface area (Å²) in [5.74, 6) is 0.353. The number of nitrogens with zero attached hydrogens (tertiary/aromatic N) is 3. The first-order valence-electron chi connectivity index (χ1n) is 7.84. The lowest BCUT2D eigenvalue weighted by molar-refractivity contribution is 0.0467. The molecule has 7 nitrogen and oxygen atoms in total. The van der Waals surface area contributed by atoms with Crippen LogP contribution in [0.25, 0.3) is 0 Å². The first-order chi connectivity index (χ1) is 10.7. The van der Waals surface area contributed by atoms with Crippen molar-refractivity contribution in [3.8, 4) is 0 Å². The number of hydrogen-bond donors (Lipinski definition) is 0. The Hall–Kier alpha value is -0.960. The van der Waals surface area contributed by atoms with Gasteiger partial charge in [0.1, 0.15) is 10.6 Å². The lowest BCUT2D eigenvalue weighted by Crippen LogP contribution is -2.54. The van der Waals surface area contributed by atoms with E-state index in [0.717, 1.165) is 19.3 Å². The van der Waals surface area contributed by atoms with Gasteiger partial charge in [0.15, 0.2) is 5.76 Å². The zero-order valence-electron chi connectivity index (χ0n) is 14.6. The number of ether oxygens (including phenoxy) is 1. The molecule has 1 aliphatic heterocycles. The highest BCUT2D eigenvalue weighted by molar-refractivity contribution is 7.89. The van der Waals surface area contributed by atoms with Crippen LogP contribution in [0.15, 0.2) is 9.42 Å². The van der Waals surface area contributed by atoms with E-state index in [1.54, 1.807) is 25.3 Å². The molecule has 8 heteroatoms. The highest BCUT2D eigenvalue weighted by Crippen LogP contribution is 2.34. The number of aromatic nitrogens is 1. The van der Waals surface area contributed by atoms with Crippen LogP contribution < -0.4 is 0 Å². The van der Waals surface area contributed by atoms with Crippen LogP contribution in [0.1, 0.15) is 30.7 Å². The van der Waals surface area contributed by atoms with Crippen molar-refractivity contribution in [2.45, 2.75) is 43.5 Å². The van der Waals surface area contributed by atoms with Crippen LogP contribution in [0.2, 0.25) is 0 Å². The molecule has 2 heterocycles. The Kier molecular flexibility index (Phi) is 5.50. The van der Waals surface area contributed by atoms with Gasteiger partial charge in [0.25, 0.3) is 0 Å². The average molecular weight is 345 g/mol. The summed E-state index contributed by atoms with van der Waals surface area (Å²) < 4.78 is 37.5. The summed E-state index contributed by atoms with van der Waals surface area (Å²) in [6.07, 6.45) is 2.47. The second kappa shape index (κ2) is 6.88. The SMILES string of the molecule is COCCC1(N(C)C)CCN(S(=O)(=O)c2c(C)noc2C)CC1. The minimum Gasteiger partial charge on any atom is -0.385 e. The van der Waals surface area contributed by atoms with Crippen molar-refractivity contribution in [1.29, 1.82) is 0 Å². The Morgan fingerprint density at radius 1 is 1.30 bits per heavy atom. The quantitative estimate of drug-likeness (QED) is 0.776. The molecule has 0 saturated carbocycles. The first kappa shape index (κ1) is 18.4. The van der Waals surface area contributed by atoms with Crippen LogP contribution in [0.3, 0.4) is 0 Å². The molecule has 1 saturated heterocycles. The number of hydrogen-bond acceptors (Lipinski definition) is 6. The fourth-order valence-corrected chi connectivity index (χ4v) is 5.06. The summed E-state index contributed by atoms with van der Waals surface area (Å²) in [6.45, 7) is 4.97. The summed E-state index contributed by atoms with van der Waals surface area (Å²) in [5.41, 5.74) is 0.409. The van der Waals surface area contributed by atoms with Gasteiger partial charge < -0.3 is 14.2 Å². The Bertz CT molecular complexity index is 612. The number of aryl methyl sites for hydroxylation is 2. The minimum atomic E-state index is -3.55. The van der Waals surface area contributed by atoms with Gasteiger partial charge >= 0.3 is 0 Å². The third-order valence-corrected chi connectivity index (χ3v) is 7.08. The summed E-state index contributed by atoms with van der Waals surface area (Å²) in [7, 11) is 2.25. The van der Waals surface area contributed by atoms with E-state index in [1.165, 1.54) is 0 Å². The van der Waals surface area contributed by atoms with Crippen LogP contribution in [0, 0.1) is 13.8 Å². The van der Waals surface area contributed by atoms with Gasteiger partial charge in [0.2, 0.25) is 10.0 Å². The van der Waals surface area contributed by atoms with Gasteiger partial charge in [-0.15, -0.1) is 0 Å². The Labute approximate surface area is 138 Å². The largest absolute Gasteiger partial charge is 0.385 e. The summed E-state index contributed by atoms with van der Waals surface area (Å²) in [6, 6.07) is 0. The third kappa shape index (κ3) is 3.45. The fraction of sp³-hybridized carbons (Fsp3) is 0.800. The van der Waals surface area contributed by atoms with Crippen molar-refractivity contribution in [3.63, 3.8) is 0 Å². The molecular weight excluding hydrogens is 318 g/mol. The first-order valence-corrected chi connectivity index (χ1v) is 9.28. The van der Waals surface area contributed by atoms with E-state index in [2.05, 4.69) is 10.1 Å². The molecule has 1 aromatic heterocycles. The number of sulfonamides is 1. The minimum absolute atomic E-state index is 0.0131. The van der Waals surface area contributed by atoms with Gasteiger partial charge in [-0.1, -0.05) is 5.16 Å². The van der Waals surface area contributed by atoms with Crippen LogP contribution in [-0.2, 0) is 14.8 Å². The van der Waals surface area contributed by atoms with Crippen molar-refractivity contribution in [2.24, 2.45) is 0 Å². The predicted octanol–water partition coefficient (Wildman–Crippen LogP) is 1.41. The van der Waals surface area contributed by atoms with Crippen molar-refractivity contribution < 1.29 is 17.7 Å². The van der Waals surface area contributed by atoms with Gasteiger partial charge in [0, 0.05) is 32.3 Å². The Morgan fingerprint density at radius 2 is 1.91 bits per heavy atom. The van der Waals surface area contributed by atoms with Gasteiger partial charge in [-0.05, 0) is 47.2 Å². The number of rotatable bonds is 6. The predicted molar refractivity (Wildman–Crippen MR) is 86.9 cm³/mol. The van der Waals surface area contributed by atoms with E-state index < -0.39 is 10.0 Å². The lowest BCUT2D eigenvalue weighted by Gasteiger charge is -2.45. The smallest absolute Gasteiger partial charge is 0.248 e. The molecule has 0 aromatic carbocycles. The molecule has 0 atom stereocenters. The maximum atomic E-state index is 12.9. The second-order valence-electron chi connectivity index (χ2n) is 6.42. The van der Waals surface area contributed by atoms with E-state index in [0.29, 0.717) is 31.2 Å². The van der Waals surface area contributed by atoms with E-state index in [4.69, 9.17) is 9.26 Å². The molecule has 0 N–H and O–H groups in total. The molecule has 1 fully saturated rings. The summed E-state index contributed by atoms with van der Waals surface area (Å²) >= 11 is 0. The van der Waals surface area contributed by atoms with Crippen LogP contribution in [0.4, 0.5) is 0 Å². The van der Waals surface area contributed by atoms with E-state index in [9.17, 15) is 8.42 Å². The fourth-order valence-electron chi connectivity index (χ4n) is 3.33. The maximum absolute atomic E-state index is 12.9. The molecule has 0 aliphatic carbocycles. The van der Waals surface area contributed by atoms with E-state index in [1.807, 2.05) is 14.1 Å². The molecule has 0 radical (unpaired) electrons. The maximum Gasteiger partial charge on any atom is 0.248 e. The zero-order chi connectivity index (χ0) is 17.3. The molecule has 0 bridgehead atoms. The summed E-state index contributed by atoms with van der Waals surface area (Å²) in [4.78, 5) is 2.41. The molecule has 132 valence electrons. The number of methoxy groups -OCH3 is 1. The third-order valence-electron chi connectivity index (χ3n) is 4.94. The molecular formula is C15H27N3O4S. The van der Waals surface area contributed by atoms with Crippen LogP contribution >= 0.6 is 0 Å². The lowest BCUT2D eigenvalue weighted by atomic mass is 9.84.